The van der Waals surface area contributed by atoms with E-state index in [1.807, 2.05) is 31.2 Å². The molecule has 0 atom stereocenters. The summed E-state index contributed by atoms with van der Waals surface area (Å²) in [6.07, 6.45) is 0. The molecule has 21 heavy (non-hydrogen) atoms. The maximum Gasteiger partial charge on any atom is 0.251 e. The van der Waals surface area contributed by atoms with Crippen LogP contribution in [0.15, 0.2) is 48.5 Å². The molecule has 0 aliphatic rings. The molecule has 1 amide bonds. The van der Waals surface area contributed by atoms with Gasteiger partial charge in [-0.1, -0.05) is 24.3 Å². The lowest BCUT2D eigenvalue weighted by atomic mass is 10.1. The number of benzene rings is 2. The highest BCUT2D eigenvalue weighted by Crippen LogP contribution is 2.10. The summed E-state index contributed by atoms with van der Waals surface area (Å²) in [4.78, 5) is 12.0. The van der Waals surface area contributed by atoms with Crippen LogP contribution in [0.3, 0.4) is 0 Å². The largest absolute Gasteiger partial charge is 0.377 e. The quantitative estimate of drug-likeness (QED) is 0.885. The highest BCUT2D eigenvalue weighted by atomic mass is 19.1. The van der Waals surface area contributed by atoms with Gasteiger partial charge in [0.05, 0.1) is 6.61 Å². The third-order valence-electron chi connectivity index (χ3n) is 3.13. The van der Waals surface area contributed by atoms with Crippen molar-refractivity contribution in [3.63, 3.8) is 0 Å². The lowest BCUT2D eigenvalue weighted by molar-refractivity contribution is 0.0949. The number of amides is 1. The molecule has 110 valence electrons. The average molecular weight is 287 g/mol. The number of carbonyl (C=O) groups is 1. The van der Waals surface area contributed by atoms with Crippen LogP contribution in [0.2, 0.25) is 0 Å². The smallest absolute Gasteiger partial charge is 0.251 e. The summed E-state index contributed by atoms with van der Waals surface area (Å²) in [5, 5.41) is 2.83. The normalized spacial score (nSPS) is 10.4. The fourth-order valence-corrected chi connectivity index (χ4v) is 1.96. The number of carbonyl (C=O) groups excluding carboxylic acids is 1. The van der Waals surface area contributed by atoms with Crippen molar-refractivity contribution in [3.8, 4) is 0 Å². The van der Waals surface area contributed by atoms with Crippen LogP contribution in [0.25, 0.3) is 0 Å². The van der Waals surface area contributed by atoms with Gasteiger partial charge in [0.15, 0.2) is 0 Å². The Morgan fingerprint density at radius 1 is 1.10 bits per heavy atom. The van der Waals surface area contributed by atoms with Crippen molar-refractivity contribution < 1.29 is 13.9 Å². The van der Waals surface area contributed by atoms with Gasteiger partial charge in [0.2, 0.25) is 0 Å². The van der Waals surface area contributed by atoms with Crippen molar-refractivity contribution in [2.24, 2.45) is 0 Å². The molecule has 4 heteroatoms. The van der Waals surface area contributed by atoms with Crippen LogP contribution in [0.1, 0.15) is 28.4 Å². The van der Waals surface area contributed by atoms with Crippen LogP contribution in [-0.4, -0.2) is 12.5 Å². The second kappa shape index (κ2) is 7.55. The number of nitrogens with one attached hydrogen (secondary N) is 1. The van der Waals surface area contributed by atoms with Crippen molar-refractivity contribution in [2.45, 2.75) is 20.1 Å². The number of halogens is 1. The molecule has 0 unspecified atom stereocenters. The fraction of sp³-hybridized carbons (Fsp3) is 0.235. The zero-order valence-electron chi connectivity index (χ0n) is 11.9. The highest BCUT2D eigenvalue weighted by molar-refractivity contribution is 5.94. The van der Waals surface area contributed by atoms with Crippen LogP contribution in [0.5, 0.6) is 0 Å². The van der Waals surface area contributed by atoms with E-state index in [1.165, 1.54) is 24.3 Å². The van der Waals surface area contributed by atoms with Gasteiger partial charge in [-0.15, -0.1) is 0 Å². The Morgan fingerprint density at radius 2 is 1.76 bits per heavy atom. The summed E-state index contributed by atoms with van der Waals surface area (Å²) in [5.74, 6) is -0.574. The van der Waals surface area contributed by atoms with Gasteiger partial charge >= 0.3 is 0 Å². The van der Waals surface area contributed by atoms with Crippen molar-refractivity contribution in [1.82, 2.24) is 5.32 Å². The molecule has 0 aliphatic heterocycles. The molecule has 0 fully saturated rings. The van der Waals surface area contributed by atoms with Crippen molar-refractivity contribution >= 4 is 5.91 Å². The lowest BCUT2D eigenvalue weighted by Gasteiger charge is -2.10. The van der Waals surface area contributed by atoms with E-state index < -0.39 is 0 Å². The van der Waals surface area contributed by atoms with Crippen molar-refractivity contribution in [2.75, 3.05) is 6.61 Å². The second-order valence-corrected chi connectivity index (χ2v) is 4.60. The van der Waals surface area contributed by atoms with E-state index in [4.69, 9.17) is 4.74 Å². The molecule has 0 aromatic heterocycles. The van der Waals surface area contributed by atoms with E-state index in [0.29, 0.717) is 25.3 Å². The van der Waals surface area contributed by atoms with Crippen LogP contribution in [0, 0.1) is 5.82 Å². The minimum absolute atomic E-state index is 0.221. The van der Waals surface area contributed by atoms with Crippen LogP contribution in [0.4, 0.5) is 4.39 Å². The zero-order valence-corrected chi connectivity index (χ0v) is 11.9. The summed E-state index contributed by atoms with van der Waals surface area (Å²) in [5.41, 5.74) is 2.51. The van der Waals surface area contributed by atoms with E-state index in [2.05, 4.69) is 5.32 Å². The molecule has 0 bridgehead atoms. The SMILES string of the molecule is CCOCc1ccccc1CNC(=O)c1ccc(F)cc1. The number of rotatable bonds is 6. The van der Waals surface area contributed by atoms with Crippen LogP contribution in [-0.2, 0) is 17.9 Å². The van der Waals surface area contributed by atoms with Gasteiger partial charge in [0.1, 0.15) is 5.82 Å². The van der Waals surface area contributed by atoms with Gasteiger partial charge in [-0.3, -0.25) is 4.79 Å². The lowest BCUT2D eigenvalue weighted by Crippen LogP contribution is -2.23. The molecule has 2 aromatic rings. The first-order chi connectivity index (χ1) is 10.2. The first-order valence-electron chi connectivity index (χ1n) is 6.89. The molecule has 0 saturated heterocycles. The van der Waals surface area contributed by atoms with Gasteiger partial charge in [-0.25, -0.2) is 4.39 Å². The summed E-state index contributed by atoms with van der Waals surface area (Å²) >= 11 is 0. The molecular formula is C17H18FNO2. The Morgan fingerprint density at radius 3 is 2.43 bits per heavy atom. The molecule has 1 N–H and O–H groups in total. The van der Waals surface area contributed by atoms with E-state index in [1.54, 1.807) is 0 Å². The fourth-order valence-electron chi connectivity index (χ4n) is 1.96. The molecule has 0 heterocycles. The van der Waals surface area contributed by atoms with Gasteiger partial charge in [-0.05, 0) is 42.3 Å². The molecule has 2 aromatic carbocycles. The average Bonchev–Trinajstić information content (AvgIpc) is 2.52. The minimum Gasteiger partial charge on any atom is -0.377 e. The van der Waals surface area contributed by atoms with Crippen LogP contribution < -0.4 is 5.32 Å². The summed E-state index contributed by atoms with van der Waals surface area (Å²) in [6, 6.07) is 13.3. The van der Waals surface area contributed by atoms with Gasteiger partial charge in [0, 0.05) is 18.7 Å². The van der Waals surface area contributed by atoms with Crippen LogP contribution >= 0.6 is 0 Å². The maximum absolute atomic E-state index is 12.8. The summed E-state index contributed by atoms with van der Waals surface area (Å²) < 4.78 is 18.2. The molecule has 3 nitrogen and oxygen atoms in total. The van der Waals surface area contributed by atoms with E-state index >= 15 is 0 Å². The highest BCUT2D eigenvalue weighted by Gasteiger charge is 2.07. The third kappa shape index (κ3) is 4.39. The molecule has 0 saturated carbocycles. The van der Waals surface area contributed by atoms with Crippen molar-refractivity contribution in [3.05, 3.63) is 71.0 Å². The van der Waals surface area contributed by atoms with Crippen molar-refractivity contribution in [1.29, 1.82) is 0 Å². The molecule has 2 rings (SSSR count). The molecule has 0 radical (unpaired) electrons. The second-order valence-electron chi connectivity index (χ2n) is 4.60. The first-order valence-corrected chi connectivity index (χ1v) is 6.89. The van der Waals surface area contributed by atoms with E-state index in [9.17, 15) is 9.18 Å². The molecular weight excluding hydrogens is 269 g/mol. The number of hydrogen-bond acceptors (Lipinski definition) is 2. The topological polar surface area (TPSA) is 38.3 Å². The summed E-state index contributed by atoms with van der Waals surface area (Å²) in [7, 11) is 0. The zero-order chi connectivity index (χ0) is 15.1. The molecule has 0 spiro atoms. The number of ether oxygens (including phenoxy) is 1. The third-order valence-corrected chi connectivity index (χ3v) is 3.13. The van der Waals surface area contributed by atoms with Gasteiger partial charge in [-0.2, -0.15) is 0 Å². The predicted octanol–water partition coefficient (Wildman–Crippen LogP) is 3.29. The molecule has 0 aliphatic carbocycles. The number of hydrogen-bond donors (Lipinski definition) is 1. The Balaban J connectivity index is 1.99. The Labute approximate surface area is 123 Å². The first kappa shape index (κ1) is 15.2. The summed E-state index contributed by atoms with van der Waals surface area (Å²) in [6.45, 7) is 3.54. The Kier molecular flexibility index (Phi) is 5.46. The predicted molar refractivity (Wildman–Crippen MR) is 79.3 cm³/mol. The standard InChI is InChI=1S/C17H18FNO2/c1-2-21-12-15-6-4-3-5-14(15)11-19-17(20)13-7-9-16(18)10-8-13/h3-10H,2,11-12H2,1H3,(H,19,20). The Bertz CT molecular complexity index is 596. The van der Waals surface area contributed by atoms with E-state index in [-0.39, 0.29) is 11.7 Å². The minimum atomic E-state index is -0.353. The Hall–Kier alpha value is -2.20. The van der Waals surface area contributed by atoms with E-state index in [0.717, 1.165) is 11.1 Å². The van der Waals surface area contributed by atoms with Gasteiger partial charge < -0.3 is 10.1 Å². The maximum atomic E-state index is 12.8. The van der Waals surface area contributed by atoms with Gasteiger partial charge in [0.25, 0.3) is 5.91 Å². The monoisotopic (exact) mass is 287 g/mol.